The molecule has 0 saturated heterocycles. The van der Waals surface area contributed by atoms with E-state index >= 15 is 0 Å². The van der Waals surface area contributed by atoms with Crippen LogP contribution in [0.3, 0.4) is 0 Å². The van der Waals surface area contributed by atoms with Crippen LogP contribution in [-0.4, -0.2) is 11.9 Å². The third-order valence-corrected chi connectivity index (χ3v) is 5.90. The smallest absolute Gasteiger partial charge is 0.311 e. The Balaban J connectivity index is 1.93. The van der Waals surface area contributed by atoms with Crippen molar-refractivity contribution < 1.29 is 19.1 Å². The highest BCUT2D eigenvalue weighted by molar-refractivity contribution is 6.34. The normalized spacial score (nSPS) is 11.6. The van der Waals surface area contributed by atoms with Crippen molar-refractivity contribution in [3.63, 3.8) is 0 Å². The van der Waals surface area contributed by atoms with Gasteiger partial charge in [-0.15, -0.1) is 0 Å². The highest BCUT2D eigenvalue weighted by Gasteiger charge is 2.23. The Kier molecular flexibility index (Phi) is 5.14. The summed E-state index contributed by atoms with van der Waals surface area (Å²) in [5.41, 5.74) is 0. The second kappa shape index (κ2) is 8.12. The Morgan fingerprint density at radius 2 is 1.22 bits per heavy atom. The van der Waals surface area contributed by atoms with E-state index in [0.29, 0.717) is 37.2 Å². The minimum Gasteiger partial charge on any atom is -0.422 e. The molecule has 5 aromatic rings. The van der Waals surface area contributed by atoms with Crippen LogP contribution < -0.4 is 9.47 Å². The third-order valence-electron chi connectivity index (χ3n) is 5.90. The standard InChI is InChI=1S/C28H24O4/c1-3-8-23(29)31-22-16-18-12-7-14-20-19-13-5-10-17-11-6-15-21(25(17)19)27(26(18)20)28(22)32-24(30)9-4-2/h5-7,10-16H,3-4,8-9H2,1-2H3. The lowest BCUT2D eigenvalue weighted by Gasteiger charge is -2.19. The van der Waals surface area contributed by atoms with E-state index in [1.165, 1.54) is 0 Å². The quantitative estimate of drug-likeness (QED) is 0.126. The summed E-state index contributed by atoms with van der Waals surface area (Å²) in [7, 11) is 0. The Hall–Kier alpha value is -3.66. The first-order valence-corrected chi connectivity index (χ1v) is 11.2. The van der Waals surface area contributed by atoms with Gasteiger partial charge in [-0.3, -0.25) is 9.59 Å². The molecule has 0 N–H and O–H groups in total. The first-order valence-electron chi connectivity index (χ1n) is 11.2. The number of carbonyl (C=O) groups excluding carboxylic acids is 2. The van der Waals surface area contributed by atoms with Crippen LogP contribution in [-0.2, 0) is 9.59 Å². The molecule has 0 aromatic heterocycles. The Labute approximate surface area is 186 Å². The van der Waals surface area contributed by atoms with Gasteiger partial charge in [-0.05, 0) is 51.2 Å². The molecule has 0 aliphatic rings. The third kappa shape index (κ3) is 3.23. The van der Waals surface area contributed by atoms with Crippen LogP contribution >= 0.6 is 0 Å². The van der Waals surface area contributed by atoms with Gasteiger partial charge in [-0.2, -0.15) is 0 Å². The molecular weight excluding hydrogens is 400 g/mol. The number of hydrogen-bond donors (Lipinski definition) is 0. The average molecular weight is 424 g/mol. The number of benzene rings is 5. The van der Waals surface area contributed by atoms with Crippen molar-refractivity contribution in [3.8, 4) is 11.5 Å². The second-order valence-electron chi connectivity index (χ2n) is 8.14. The van der Waals surface area contributed by atoms with E-state index < -0.39 is 0 Å². The molecule has 0 heterocycles. The molecule has 0 spiro atoms. The lowest BCUT2D eigenvalue weighted by Crippen LogP contribution is -2.12. The molecule has 0 atom stereocenters. The first kappa shape index (κ1) is 20.3. The fourth-order valence-corrected chi connectivity index (χ4v) is 4.59. The van der Waals surface area contributed by atoms with Gasteiger partial charge in [0.2, 0.25) is 0 Å². The Morgan fingerprint density at radius 3 is 1.88 bits per heavy atom. The molecule has 0 amide bonds. The topological polar surface area (TPSA) is 52.6 Å². The highest BCUT2D eigenvalue weighted by Crippen LogP contribution is 2.48. The maximum Gasteiger partial charge on any atom is 0.311 e. The molecule has 0 bridgehead atoms. The highest BCUT2D eigenvalue weighted by atomic mass is 16.6. The predicted molar refractivity (Wildman–Crippen MR) is 129 cm³/mol. The summed E-state index contributed by atoms with van der Waals surface area (Å²) in [6, 6.07) is 20.3. The Bertz CT molecular complexity index is 1480. The monoisotopic (exact) mass is 424 g/mol. The maximum absolute atomic E-state index is 12.6. The average Bonchev–Trinajstić information content (AvgIpc) is 2.78. The van der Waals surface area contributed by atoms with Gasteiger partial charge < -0.3 is 9.47 Å². The SMILES string of the molecule is CCCC(=O)Oc1cc2cccc3c4cccc5cccc(c(c1OC(=O)CCC)c23)c54. The van der Waals surface area contributed by atoms with Gasteiger partial charge in [0.1, 0.15) is 0 Å². The van der Waals surface area contributed by atoms with Crippen molar-refractivity contribution in [1.29, 1.82) is 0 Å². The van der Waals surface area contributed by atoms with E-state index in [-0.39, 0.29) is 11.9 Å². The largest absolute Gasteiger partial charge is 0.422 e. The van der Waals surface area contributed by atoms with Crippen molar-refractivity contribution in [1.82, 2.24) is 0 Å². The lowest BCUT2D eigenvalue weighted by molar-refractivity contribution is -0.137. The molecule has 0 fully saturated rings. The maximum atomic E-state index is 12.6. The van der Waals surface area contributed by atoms with Crippen molar-refractivity contribution in [2.45, 2.75) is 39.5 Å². The van der Waals surface area contributed by atoms with Crippen molar-refractivity contribution in [2.75, 3.05) is 0 Å². The zero-order valence-electron chi connectivity index (χ0n) is 18.2. The van der Waals surface area contributed by atoms with Gasteiger partial charge in [0.05, 0.1) is 0 Å². The van der Waals surface area contributed by atoms with Gasteiger partial charge in [-0.1, -0.05) is 68.4 Å². The van der Waals surface area contributed by atoms with E-state index in [9.17, 15) is 9.59 Å². The molecule has 0 radical (unpaired) electrons. The molecule has 5 rings (SSSR count). The summed E-state index contributed by atoms with van der Waals surface area (Å²) < 4.78 is 11.7. The number of rotatable bonds is 6. The van der Waals surface area contributed by atoms with Gasteiger partial charge in [0.25, 0.3) is 0 Å². The summed E-state index contributed by atoms with van der Waals surface area (Å²) in [5.74, 6) is -0.0457. The minimum atomic E-state index is -0.336. The van der Waals surface area contributed by atoms with Crippen LogP contribution in [0.15, 0.2) is 60.7 Å². The summed E-state index contributed by atoms with van der Waals surface area (Å²) >= 11 is 0. The summed E-state index contributed by atoms with van der Waals surface area (Å²) in [5, 5.41) is 8.20. The van der Waals surface area contributed by atoms with Crippen molar-refractivity contribution >= 4 is 55.0 Å². The van der Waals surface area contributed by atoms with Crippen LogP contribution in [0.2, 0.25) is 0 Å². The van der Waals surface area contributed by atoms with Crippen LogP contribution in [0, 0.1) is 0 Å². The first-order chi connectivity index (χ1) is 15.6. The number of fused-ring (bicyclic) bond motifs is 2. The Morgan fingerprint density at radius 1 is 0.656 bits per heavy atom. The molecule has 0 aliphatic carbocycles. The number of hydrogen-bond acceptors (Lipinski definition) is 4. The fraction of sp³-hybridized carbons (Fsp3) is 0.214. The zero-order valence-corrected chi connectivity index (χ0v) is 18.2. The lowest BCUT2D eigenvalue weighted by atomic mass is 9.89. The van der Waals surface area contributed by atoms with Crippen molar-refractivity contribution in [3.05, 3.63) is 60.7 Å². The molecule has 160 valence electrons. The van der Waals surface area contributed by atoms with Crippen LogP contribution in [0.4, 0.5) is 0 Å². The van der Waals surface area contributed by atoms with Gasteiger partial charge in [0, 0.05) is 23.6 Å². The van der Waals surface area contributed by atoms with Crippen LogP contribution in [0.1, 0.15) is 39.5 Å². The van der Waals surface area contributed by atoms with E-state index in [1.54, 1.807) is 0 Å². The molecule has 5 aromatic carbocycles. The molecule has 4 nitrogen and oxygen atoms in total. The van der Waals surface area contributed by atoms with Crippen LogP contribution in [0.25, 0.3) is 43.1 Å². The van der Waals surface area contributed by atoms with Gasteiger partial charge in [0.15, 0.2) is 11.5 Å². The molecule has 0 aliphatic heterocycles. The van der Waals surface area contributed by atoms with Crippen LogP contribution in [0.5, 0.6) is 11.5 Å². The number of ether oxygens (including phenoxy) is 2. The molecular formula is C28H24O4. The molecule has 0 unspecified atom stereocenters. The number of esters is 2. The zero-order chi connectivity index (χ0) is 22.2. The molecule has 32 heavy (non-hydrogen) atoms. The summed E-state index contributed by atoms with van der Waals surface area (Å²) in [6.07, 6.45) is 1.95. The fourth-order valence-electron chi connectivity index (χ4n) is 4.59. The second-order valence-corrected chi connectivity index (χ2v) is 8.14. The van der Waals surface area contributed by atoms with E-state index in [2.05, 4.69) is 30.3 Å². The summed E-state index contributed by atoms with van der Waals surface area (Å²) in [4.78, 5) is 25.0. The predicted octanol–water partition coefficient (Wildman–Crippen LogP) is 7.15. The van der Waals surface area contributed by atoms with E-state index in [4.69, 9.17) is 9.47 Å². The molecule has 0 saturated carbocycles. The summed E-state index contributed by atoms with van der Waals surface area (Å²) in [6.45, 7) is 3.86. The molecule has 4 heteroatoms. The van der Waals surface area contributed by atoms with E-state index in [1.807, 2.05) is 44.2 Å². The van der Waals surface area contributed by atoms with Crippen molar-refractivity contribution in [2.24, 2.45) is 0 Å². The minimum absolute atomic E-state index is 0.294. The number of carbonyl (C=O) groups is 2. The van der Waals surface area contributed by atoms with Gasteiger partial charge in [-0.25, -0.2) is 0 Å². The van der Waals surface area contributed by atoms with E-state index in [0.717, 1.165) is 43.1 Å². The van der Waals surface area contributed by atoms with Gasteiger partial charge >= 0.3 is 11.9 Å².